The van der Waals surface area contributed by atoms with Crippen molar-refractivity contribution >= 4 is 0 Å². The maximum Gasteiger partial charge on any atom is 0.314 e. The summed E-state index contributed by atoms with van der Waals surface area (Å²) in [6.45, 7) is 13.0. The molecule has 0 aliphatic rings. The number of aryl methyl sites for hydroxylation is 6. The predicted octanol–water partition coefficient (Wildman–Crippen LogP) is 2.67. The molecule has 4 heteroatoms. The van der Waals surface area contributed by atoms with Crippen molar-refractivity contribution in [3.05, 3.63) is 94.3 Å². The number of rotatable bonds is 3. The molecule has 0 aliphatic heterocycles. The highest BCUT2D eigenvalue weighted by atomic mass is 35.5. The fraction of sp³-hybridized carbons (Fsp3) is 0.231. The summed E-state index contributed by atoms with van der Waals surface area (Å²) >= 11 is 0. The number of aromatic nitrogens is 3. The van der Waals surface area contributed by atoms with Gasteiger partial charge in [0.05, 0.1) is 10.7 Å². The fourth-order valence-corrected chi connectivity index (χ4v) is 4.48. The van der Waals surface area contributed by atoms with Gasteiger partial charge in [0.15, 0.2) is 0 Å². The zero-order chi connectivity index (χ0) is 20.7. The minimum atomic E-state index is 0. The van der Waals surface area contributed by atoms with Crippen molar-refractivity contribution in [2.24, 2.45) is 0 Å². The summed E-state index contributed by atoms with van der Waals surface area (Å²) in [5.74, 6) is 0.944. The minimum Gasteiger partial charge on any atom is -1.00 e. The van der Waals surface area contributed by atoms with Crippen molar-refractivity contribution in [3.63, 3.8) is 0 Å². The summed E-state index contributed by atoms with van der Waals surface area (Å²) in [4.78, 5) is 0. The molecule has 1 heterocycles. The van der Waals surface area contributed by atoms with E-state index in [2.05, 4.69) is 101 Å². The second-order valence-electron chi connectivity index (χ2n) is 8.11. The lowest BCUT2D eigenvalue weighted by Gasteiger charge is -2.09. The third-order valence-corrected chi connectivity index (χ3v) is 5.43. The molecule has 154 valence electrons. The van der Waals surface area contributed by atoms with Gasteiger partial charge in [0.1, 0.15) is 11.4 Å². The van der Waals surface area contributed by atoms with Crippen LogP contribution in [-0.2, 0) is 0 Å². The summed E-state index contributed by atoms with van der Waals surface area (Å²) < 4.78 is 4.27. The quantitative estimate of drug-likeness (QED) is 0.470. The van der Waals surface area contributed by atoms with Gasteiger partial charge in [-0.1, -0.05) is 58.3 Å². The van der Waals surface area contributed by atoms with E-state index < -0.39 is 0 Å². The maximum absolute atomic E-state index is 5.06. The second kappa shape index (κ2) is 8.45. The lowest BCUT2D eigenvalue weighted by atomic mass is 10.0. The van der Waals surface area contributed by atoms with Gasteiger partial charge in [0.25, 0.3) is 0 Å². The van der Waals surface area contributed by atoms with Gasteiger partial charge in [-0.3, -0.25) is 0 Å². The van der Waals surface area contributed by atoms with Crippen molar-refractivity contribution in [1.29, 1.82) is 0 Å². The van der Waals surface area contributed by atoms with Crippen LogP contribution >= 0.6 is 0 Å². The summed E-state index contributed by atoms with van der Waals surface area (Å²) in [7, 11) is 0. The van der Waals surface area contributed by atoms with Crippen LogP contribution in [0.15, 0.2) is 60.9 Å². The average molecular weight is 418 g/mol. The van der Waals surface area contributed by atoms with Crippen LogP contribution in [-0.4, -0.2) is 9.78 Å². The first-order chi connectivity index (χ1) is 13.8. The van der Waals surface area contributed by atoms with Gasteiger partial charge in [0, 0.05) is 0 Å². The monoisotopic (exact) mass is 417 g/mol. The number of benzene rings is 3. The molecule has 0 radical (unpaired) electrons. The molecule has 30 heavy (non-hydrogen) atoms. The van der Waals surface area contributed by atoms with Gasteiger partial charge in [0.2, 0.25) is 6.33 Å². The SMILES string of the molecule is Cc1cc(C)c(-n2c[n+](-c3c(C)cc(C)cc3C)c(-c3ccccc3)n2)c(C)c1.[Cl-]. The Kier molecular flexibility index (Phi) is 6.14. The molecule has 0 unspecified atom stereocenters. The fourth-order valence-electron chi connectivity index (χ4n) is 4.48. The molecule has 1 aromatic heterocycles. The second-order valence-corrected chi connectivity index (χ2v) is 8.11. The van der Waals surface area contributed by atoms with Crippen molar-refractivity contribution in [2.75, 3.05) is 0 Å². The zero-order valence-corrected chi connectivity index (χ0v) is 19.2. The Morgan fingerprint density at radius 3 is 1.73 bits per heavy atom. The Bertz CT molecular complexity index is 1160. The standard InChI is InChI=1S/C26H28N3.ClH/c1-17-12-19(3)24(20(4)13-17)28-16-29(25-21(5)14-18(2)15-22(25)6)27-26(28)23-10-8-7-9-11-23;/h7-16H,1-6H3;1H/q+1;/p-1. The molecule has 0 aliphatic carbocycles. The normalized spacial score (nSPS) is 10.7. The maximum atomic E-state index is 5.06. The van der Waals surface area contributed by atoms with Crippen LogP contribution in [0.3, 0.4) is 0 Å². The van der Waals surface area contributed by atoms with Crippen molar-refractivity contribution in [1.82, 2.24) is 9.78 Å². The van der Waals surface area contributed by atoms with Crippen LogP contribution in [0.1, 0.15) is 33.4 Å². The molecule has 0 atom stereocenters. The molecule has 0 N–H and O–H groups in total. The van der Waals surface area contributed by atoms with E-state index in [1.54, 1.807) is 0 Å². The average Bonchev–Trinajstić information content (AvgIpc) is 3.05. The van der Waals surface area contributed by atoms with Crippen LogP contribution in [0.4, 0.5) is 0 Å². The smallest absolute Gasteiger partial charge is 0.314 e. The van der Waals surface area contributed by atoms with Gasteiger partial charge < -0.3 is 12.4 Å². The molecule has 0 amide bonds. The summed E-state index contributed by atoms with van der Waals surface area (Å²) in [6, 6.07) is 19.3. The molecule has 3 nitrogen and oxygen atoms in total. The van der Waals surface area contributed by atoms with E-state index in [0.29, 0.717) is 0 Å². The van der Waals surface area contributed by atoms with Gasteiger partial charge in [-0.25, -0.2) is 0 Å². The lowest BCUT2D eigenvalue weighted by Crippen LogP contribution is -3.00. The number of hydrogen-bond acceptors (Lipinski definition) is 1. The van der Waals surface area contributed by atoms with Crippen LogP contribution < -0.4 is 17.0 Å². The third kappa shape index (κ3) is 3.90. The van der Waals surface area contributed by atoms with Gasteiger partial charge >= 0.3 is 5.82 Å². The van der Waals surface area contributed by atoms with E-state index in [-0.39, 0.29) is 12.4 Å². The molecule has 0 saturated carbocycles. The number of hydrogen-bond donors (Lipinski definition) is 0. The lowest BCUT2D eigenvalue weighted by molar-refractivity contribution is -0.585. The molecule has 0 spiro atoms. The predicted molar refractivity (Wildman–Crippen MR) is 119 cm³/mol. The Hall–Kier alpha value is -2.91. The minimum absolute atomic E-state index is 0. The molecular weight excluding hydrogens is 390 g/mol. The van der Waals surface area contributed by atoms with Crippen molar-refractivity contribution in [3.8, 4) is 22.8 Å². The first kappa shape index (κ1) is 21.8. The first-order valence-corrected chi connectivity index (χ1v) is 10.1. The highest BCUT2D eigenvalue weighted by Gasteiger charge is 2.25. The highest BCUT2D eigenvalue weighted by Crippen LogP contribution is 2.24. The molecule has 4 rings (SSSR count). The topological polar surface area (TPSA) is 21.7 Å². The molecular formula is C26H28ClN3. The van der Waals surface area contributed by atoms with E-state index in [1.165, 1.54) is 39.1 Å². The largest absolute Gasteiger partial charge is 1.00 e. The van der Waals surface area contributed by atoms with E-state index >= 15 is 0 Å². The molecule has 0 saturated heterocycles. The van der Waals surface area contributed by atoms with Crippen LogP contribution in [0.25, 0.3) is 22.8 Å². The Labute approximate surface area is 185 Å². The summed E-state index contributed by atoms with van der Waals surface area (Å²) in [5.41, 5.74) is 11.0. The Morgan fingerprint density at radius 1 is 0.700 bits per heavy atom. The van der Waals surface area contributed by atoms with Gasteiger partial charge in [-0.2, -0.15) is 4.57 Å². The van der Waals surface area contributed by atoms with E-state index in [0.717, 1.165) is 17.1 Å². The van der Waals surface area contributed by atoms with Crippen LogP contribution in [0, 0.1) is 41.5 Å². The molecule has 0 fully saturated rings. The van der Waals surface area contributed by atoms with E-state index in [1.807, 2.05) is 10.7 Å². The van der Waals surface area contributed by atoms with Gasteiger partial charge in [-0.05, 0) is 75.9 Å². The van der Waals surface area contributed by atoms with Crippen LogP contribution in [0.5, 0.6) is 0 Å². The van der Waals surface area contributed by atoms with E-state index in [4.69, 9.17) is 5.10 Å². The highest BCUT2D eigenvalue weighted by molar-refractivity contribution is 5.55. The summed E-state index contributed by atoms with van der Waals surface area (Å²) in [6.07, 6.45) is 2.12. The zero-order valence-electron chi connectivity index (χ0n) is 18.5. The van der Waals surface area contributed by atoms with Crippen molar-refractivity contribution < 1.29 is 17.0 Å². The molecule has 3 aromatic carbocycles. The number of nitrogens with zero attached hydrogens (tertiary/aromatic N) is 3. The van der Waals surface area contributed by atoms with E-state index in [9.17, 15) is 0 Å². The summed E-state index contributed by atoms with van der Waals surface area (Å²) in [5, 5.41) is 5.06. The van der Waals surface area contributed by atoms with Crippen molar-refractivity contribution in [2.45, 2.75) is 41.5 Å². The van der Waals surface area contributed by atoms with Gasteiger partial charge in [-0.15, -0.1) is 0 Å². The van der Waals surface area contributed by atoms with Crippen LogP contribution in [0.2, 0.25) is 0 Å². The first-order valence-electron chi connectivity index (χ1n) is 10.1. The molecule has 4 aromatic rings. The Balaban J connectivity index is 0.00000256. The Morgan fingerprint density at radius 2 is 1.20 bits per heavy atom. The number of halogens is 1. The molecule has 0 bridgehead atoms. The third-order valence-electron chi connectivity index (χ3n) is 5.43.